The van der Waals surface area contributed by atoms with Crippen LogP contribution in [0.2, 0.25) is 0 Å². The summed E-state index contributed by atoms with van der Waals surface area (Å²) in [5.74, 6) is -0.281. The maximum atomic E-state index is 13.8. The molecule has 0 bridgehead atoms. The Labute approximate surface area is 128 Å². The summed E-state index contributed by atoms with van der Waals surface area (Å²) in [6.45, 7) is 3.61. The number of benzene rings is 1. The van der Waals surface area contributed by atoms with Crippen LogP contribution in [0.4, 0.5) is 10.1 Å². The van der Waals surface area contributed by atoms with E-state index in [9.17, 15) is 4.39 Å². The second-order valence-electron chi connectivity index (χ2n) is 5.28. The number of halogens is 1. The van der Waals surface area contributed by atoms with Crippen molar-refractivity contribution in [3.63, 3.8) is 0 Å². The van der Waals surface area contributed by atoms with Gasteiger partial charge in [0.05, 0.1) is 0 Å². The molecule has 0 atom stereocenters. The lowest BCUT2D eigenvalue weighted by molar-refractivity contribution is 0.619. The third kappa shape index (κ3) is 3.21. The number of para-hydroxylation sites is 1. The molecule has 0 spiro atoms. The summed E-state index contributed by atoms with van der Waals surface area (Å²) >= 11 is 0. The van der Waals surface area contributed by atoms with Crippen molar-refractivity contribution in [3.8, 4) is 0 Å². The molecule has 0 radical (unpaired) electrons. The SMILES string of the molecule is Cc1cc(NCCCCn2cnnc2)c2cccc(F)c2n1. The molecular weight excluding hydrogens is 281 g/mol. The number of fused-ring (bicyclic) bond motifs is 1. The summed E-state index contributed by atoms with van der Waals surface area (Å²) in [6.07, 6.45) is 5.48. The van der Waals surface area contributed by atoms with E-state index in [1.807, 2.05) is 23.6 Å². The van der Waals surface area contributed by atoms with Gasteiger partial charge in [0, 0.05) is 29.9 Å². The standard InChI is InChI=1S/C16H18FN5/c1-12-9-15(13-5-4-6-14(17)16(13)21-12)18-7-2-3-8-22-10-19-20-11-22/h4-6,9-11H,2-3,7-8H2,1H3,(H,18,21). The third-order valence-corrected chi connectivity index (χ3v) is 3.54. The minimum absolute atomic E-state index is 0.281. The molecule has 22 heavy (non-hydrogen) atoms. The van der Waals surface area contributed by atoms with Crippen LogP contribution in [0.15, 0.2) is 36.9 Å². The van der Waals surface area contributed by atoms with Gasteiger partial charge in [0.1, 0.15) is 24.0 Å². The average molecular weight is 299 g/mol. The number of hydrogen-bond donors (Lipinski definition) is 1. The van der Waals surface area contributed by atoms with Gasteiger partial charge in [-0.25, -0.2) is 9.37 Å². The Hall–Kier alpha value is -2.50. The van der Waals surface area contributed by atoms with Gasteiger partial charge >= 0.3 is 0 Å². The van der Waals surface area contributed by atoms with Gasteiger partial charge in [0.2, 0.25) is 0 Å². The summed E-state index contributed by atoms with van der Waals surface area (Å²) in [5.41, 5.74) is 2.17. The van der Waals surface area contributed by atoms with Crippen LogP contribution in [0.5, 0.6) is 0 Å². The van der Waals surface area contributed by atoms with Gasteiger partial charge in [0.15, 0.2) is 0 Å². The second kappa shape index (κ2) is 6.51. The summed E-state index contributed by atoms with van der Waals surface area (Å²) in [4.78, 5) is 4.28. The van der Waals surface area contributed by atoms with E-state index in [1.165, 1.54) is 6.07 Å². The van der Waals surface area contributed by atoms with Gasteiger partial charge < -0.3 is 9.88 Å². The molecule has 0 saturated heterocycles. The Morgan fingerprint density at radius 1 is 1.18 bits per heavy atom. The maximum absolute atomic E-state index is 13.8. The Bertz CT molecular complexity index is 755. The molecule has 0 amide bonds. The van der Waals surface area contributed by atoms with Crippen LogP contribution in [0, 0.1) is 12.7 Å². The van der Waals surface area contributed by atoms with E-state index in [0.717, 1.165) is 42.7 Å². The fraction of sp³-hybridized carbons (Fsp3) is 0.312. The highest BCUT2D eigenvalue weighted by atomic mass is 19.1. The molecule has 3 rings (SSSR count). The predicted molar refractivity (Wildman–Crippen MR) is 84.2 cm³/mol. The number of nitrogens with one attached hydrogen (secondary N) is 1. The molecular formula is C16H18FN5. The smallest absolute Gasteiger partial charge is 0.149 e. The molecule has 114 valence electrons. The molecule has 0 fully saturated rings. The molecule has 0 unspecified atom stereocenters. The molecule has 0 saturated carbocycles. The van der Waals surface area contributed by atoms with Gasteiger partial charge in [-0.2, -0.15) is 0 Å². The fourth-order valence-electron chi connectivity index (χ4n) is 2.47. The van der Waals surface area contributed by atoms with Gasteiger partial charge in [0.25, 0.3) is 0 Å². The lowest BCUT2D eigenvalue weighted by atomic mass is 10.1. The molecule has 0 aliphatic heterocycles. The van der Waals surface area contributed by atoms with Crippen molar-refractivity contribution < 1.29 is 4.39 Å². The van der Waals surface area contributed by atoms with Crippen LogP contribution < -0.4 is 5.32 Å². The molecule has 1 N–H and O–H groups in total. The van der Waals surface area contributed by atoms with E-state index in [4.69, 9.17) is 0 Å². The molecule has 1 aromatic carbocycles. The van der Waals surface area contributed by atoms with E-state index in [2.05, 4.69) is 20.5 Å². The zero-order chi connectivity index (χ0) is 15.4. The van der Waals surface area contributed by atoms with Crippen molar-refractivity contribution in [2.24, 2.45) is 0 Å². The Kier molecular flexibility index (Phi) is 4.27. The number of pyridine rings is 1. The minimum Gasteiger partial charge on any atom is -0.384 e. The summed E-state index contributed by atoms with van der Waals surface area (Å²) in [7, 11) is 0. The van der Waals surface area contributed by atoms with Crippen LogP contribution in [0.25, 0.3) is 10.9 Å². The first-order valence-corrected chi connectivity index (χ1v) is 7.36. The van der Waals surface area contributed by atoms with Crippen LogP contribution in [-0.2, 0) is 6.54 Å². The maximum Gasteiger partial charge on any atom is 0.149 e. The van der Waals surface area contributed by atoms with Crippen molar-refractivity contribution in [1.82, 2.24) is 19.7 Å². The number of anilines is 1. The van der Waals surface area contributed by atoms with Crippen molar-refractivity contribution >= 4 is 16.6 Å². The molecule has 2 heterocycles. The van der Waals surface area contributed by atoms with E-state index in [0.29, 0.717) is 5.52 Å². The summed E-state index contributed by atoms with van der Waals surface area (Å²) in [6, 6.07) is 7.01. The molecule has 3 aromatic rings. The third-order valence-electron chi connectivity index (χ3n) is 3.54. The van der Waals surface area contributed by atoms with E-state index in [-0.39, 0.29) is 5.82 Å². The molecule has 6 heteroatoms. The van der Waals surface area contributed by atoms with E-state index in [1.54, 1.807) is 18.7 Å². The van der Waals surface area contributed by atoms with Gasteiger partial charge in [-0.3, -0.25) is 0 Å². The van der Waals surface area contributed by atoms with Crippen molar-refractivity contribution in [1.29, 1.82) is 0 Å². The normalized spacial score (nSPS) is 11.0. The Morgan fingerprint density at radius 2 is 2.00 bits per heavy atom. The van der Waals surface area contributed by atoms with Gasteiger partial charge in [-0.15, -0.1) is 10.2 Å². The van der Waals surface area contributed by atoms with Crippen molar-refractivity contribution in [2.45, 2.75) is 26.3 Å². The second-order valence-corrected chi connectivity index (χ2v) is 5.28. The largest absolute Gasteiger partial charge is 0.384 e. The number of hydrogen-bond acceptors (Lipinski definition) is 4. The zero-order valence-electron chi connectivity index (χ0n) is 12.5. The van der Waals surface area contributed by atoms with Crippen LogP contribution in [0.3, 0.4) is 0 Å². The number of aryl methyl sites for hydroxylation is 2. The first-order chi connectivity index (χ1) is 10.7. The number of aromatic nitrogens is 4. The highest BCUT2D eigenvalue weighted by Gasteiger charge is 2.07. The topological polar surface area (TPSA) is 55.6 Å². The van der Waals surface area contributed by atoms with Gasteiger partial charge in [-0.1, -0.05) is 12.1 Å². The molecule has 0 aliphatic carbocycles. The molecule has 2 aromatic heterocycles. The lowest BCUT2D eigenvalue weighted by Gasteiger charge is -2.11. The van der Waals surface area contributed by atoms with E-state index >= 15 is 0 Å². The number of nitrogens with zero attached hydrogens (tertiary/aromatic N) is 4. The summed E-state index contributed by atoms with van der Waals surface area (Å²) < 4.78 is 15.8. The van der Waals surface area contributed by atoms with Crippen molar-refractivity contribution in [3.05, 3.63) is 48.4 Å². The van der Waals surface area contributed by atoms with Gasteiger partial charge in [-0.05, 0) is 31.9 Å². The first-order valence-electron chi connectivity index (χ1n) is 7.36. The van der Waals surface area contributed by atoms with Crippen LogP contribution in [0.1, 0.15) is 18.5 Å². The zero-order valence-corrected chi connectivity index (χ0v) is 12.5. The van der Waals surface area contributed by atoms with Crippen LogP contribution in [-0.4, -0.2) is 26.3 Å². The molecule has 0 aliphatic rings. The highest BCUT2D eigenvalue weighted by molar-refractivity contribution is 5.91. The Morgan fingerprint density at radius 3 is 2.82 bits per heavy atom. The summed E-state index contributed by atoms with van der Waals surface area (Å²) in [5, 5.41) is 11.8. The molecule has 5 nitrogen and oxygen atoms in total. The lowest BCUT2D eigenvalue weighted by Crippen LogP contribution is -2.05. The predicted octanol–water partition coefficient (Wildman–Crippen LogP) is 3.17. The van der Waals surface area contributed by atoms with Crippen LogP contribution >= 0.6 is 0 Å². The quantitative estimate of drug-likeness (QED) is 0.710. The number of rotatable bonds is 6. The monoisotopic (exact) mass is 299 g/mol. The van der Waals surface area contributed by atoms with E-state index < -0.39 is 0 Å². The minimum atomic E-state index is -0.281. The first kappa shape index (κ1) is 14.4. The number of unbranched alkanes of at least 4 members (excludes halogenated alkanes) is 1. The highest BCUT2D eigenvalue weighted by Crippen LogP contribution is 2.25. The van der Waals surface area contributed by atoms with Crippen molar-refractivity contribution in [2.75, 3.05) is 11.9 Å². The average Bonchev–Trinajstić information content (AvgIpc) is 3.01. The fourth-order valence-corrected chi connectivity index (χ4v) is 2.47. The Balaban J connectivity index is 1.62.